The predicted molar refractivity (Wildman–Crippen MR) is 136 cm³/mol. The molecule has 0 radical (unpaired) electrons. The highest BCUT2D eigenvalue weighted by Gasteiger charge is 2.33. The summed E-state index contributed by atoms with van der Waals surface area (Å²) in [4.78, 5) is 31.4. The molecule has 1 atom stereocenters. The van der Waals surface area contributed by atoms with Gasteiger partial charge in [0.15, 0.2) is 4.80 Å². The molecular formula is C28H21F3N2O4S. The number of allylic oxidation sites excluding steroid dienone is 1. The smallest absolute Gasteiger partial charge is 0.416 e. The monoisotopic (exact) mass is 538 g/mol. The van der Waals surface area contributed by atoms with Crippen molar-refractivity contribution in [3.63, 3.8) is 0 Å². The zero-order valence-electron chi connectivity index (χ0n) is 20.3. The number of rotatable bonds is 5. The number of hydrogen-bond donors (Lipinski definition) is 0. The van der Waals surface area contributed by atoms with Crippen molar-refractivity contribution in [2.24, 2.45) is 4.99 Å². The maximum atomic E-state index is 13.6. The Morgan fingerprint density at radius 2 is 1.89 bits per heavy atom. The van der Waals surface area contributed by atoms with Gasteiger partial charge in [0.25, 0.3) is 5.56 Å². The van der Waals surface area contributed by atoms with Crippen molar-refractivity contribution in [1.29, 1.82) is 0 Å². The second kappa shape index (κ2) is 9.94. The first-order chi connectivity index (χ1) is 18.2. The Morgan fingerprint density at radius 3 is 2.61 bits per heavy atom. The minimum absolute atomic E-state index is 0.175. The number of carbonyl (C=O) groups excluding carboxylic acids is 1. The SMILES string of the molecule is CCOC(=O)C1=C(C)N=c2s/c(=C/c3ccc(-c4cccc(C(F)(F)F)c4)o3)c(=O)n2[C@@H]1c1ccccc1. The maximum Gasteiger partial charge on any atom is 0.416 e. The number of alkyl halides is 3. The van der Waals surface area contributed by atoms with Gasteiger partial charge in [-0.1, -0.05) is 53.8 Å². The molecule has 0 saturated heterocycles. The van der Waals surface area contributed by atoms with E-state index in [9.17, 15) is 22.8 Å². The topological polar surface area (TPSA) is 73.8 Å². The number of benzene rings is 2. The predicted octanol–water partition coefficient (Wildman–Crippen LogP) is 5.08. The molecule has 0 N–H and O–H groups in total. The molecule has 194 valence electrons. The van der Waals surface area contributed by atoms with E-state index >= 15 is 0 Å². The molecule has 10 heteroatoms. The first kappa shape index (κ1) is 25.5. The zero-order chi connectivity index (χ0) is 27.0. The third kappa shape index (κ3) is 4.74. The summed E-state index contributed by atoms with van der Waals surface area (Å²) in [6.45, 7) is 3.58. The van der Waals surface area contributed by atoms with Gasteiger partial charge in [-0.25, -0.2) is 9.79 Å². The largest absolute Gasteiger partial charge is 0.463 e. The minimum Gasteiger partial charge on any atom is -0.463 e. The molecule has 2 aromatic heterocycles. The van der Waals surface area contributed by atoms with E-state index in [1.54, 1.807) is 26.0 Å². The quantitative estimate of drug-likeness (QED) is 0.333. The zero-order valence-corrected chi connectivity index (χ0v) is 21.1. The molecule has 4 aromatic rings. The third-order valence-corrected chi connectivity index (χ3v) is 6.99. The Hall–Kier alpha value is -4.18. The number of hydrogen-bond acceptors (Lipinski definition) is 6. The Morgan fingerprint density at radius 1 is 1.13 bits per heavy atom. The summed E-state index contributed by atoms with van der Waals surface area (Å²) in [6.07, 6.45) is -2.96. The summed E-state index contributed by atoms with van der Waals surface area (Å²) in [5.74, 6) is -0.0216. The number of aromatic nitrogens is 1. The van der Waals surface area contributed by atoms with Crippen molar-refractivity contribution in [3.8, 4) is 11.3 Å². The van der Waals surface area contributed by atoms with E-state index in [1.807, 2.05) is 30.3 Å². The van der Waals surface area contributed by atoms with Crippen molar-refractivity contribution >= 4 is 23.4 Å². The molecule has 0 aliphatic carbocycles. The number of esters is 1. The van der Waals surface area contributed by atoms with Crippen LogP contribution in [0.3, 0.4) is 0 Å². The van der Waals surface area contributed by atoms with E-state index < -0.39 is 23.8 Å². The molecule has 0 fully saturated rings. The van der Waals surface area contributed by atoms with Gasteiger partial charge >= 0.3 is 12.1 Å². The van der Waals surface area contributed by atoms with Crippen LogP contribution in [0.1, 0.15) is 36.8 Å². The fourth-order valence-electron chi connectivity index (χ4n) is 4.31. The molecule has 1 aliphatic heterocycles. The van der Waals surface area contributed by atoms with Crippen LogP contribution in [0.15, 0.2) is 92.2 Å². The maximum absolute atomic E-state index is 13.6. The summed E-state index contributed by atoms with van der Waals surface area (Å²) in [5, 5.41) is 0. The number of thiazole rings is 1. The summed E-state index contributed by atoms with van der Waals surface area (Å²) in [7, 11) is 0. The van der Waals surface area contributed by atoms with Crippen molar-refractivity contribution < 1.29 is 27.1 Å². The van der Waals surface area contributed by atoms with Gasteiger partial charge in [-0.3, -0.25) is 9.36 Å². The third-order valence-electron chi connectivity index (χ3n) is 6.01. The van der Waals surface area contributed by atoms with Gasteiger partial charge < -0.3 is 9.15 Å². The van der Waals surface area contributed by atoms with E-state index in [2.05, 4.69) is 4.99 Å². The van der Waals surface area contributed by atoms with Crippen LogP contribution in [0.2, 0.25) is 0 Å². The second-order valence-electron chi connectivity index (χ2n) is 8.49. The number of halogens is 3. The number of fused-ring (bicyclic) bond motifs is 1. The fraction of sp³-hybridized carbons (Fsp3) is 0.179. The van der Waals surface area contributed by atoms with E-state index in [-0.39, 0.29) is 29.1 Å². The van der Waals surface area contributed by atoms with E-state index in [0.717, 1.165) is 29.0 Å². The molecular weight excluding hydrogens is 517 g/mol. The van der Waals surface area contributed by atoms with Gasteiger partial charge in [0.05, 0.1) is 34.0 Å². The highest BCUT2D eigenvalue weighted by atomic mass is 32.1. The van der Waals surface area contributed by atoms with Crippen molar-refractivity contribution in [2.45, 2.75) is 26.1 Å². The van der Waals surface area contributed by atoms with Crippen LogP contribution < -0.4 is 14.9 Å². The molecule has 3 heterocycles. The number of furan rings is 1. The summed E-state index contributed by atoms with van der Waals surface area (Å²) in [6, 6.07) is 16.4. The van der Waals surface area contributed by atoms with Gasteiger partial charge in [0, 0.05) is 11.6 Å². The first-order valence-electron chi connectivity index (χ1n) is 11.7. The second-order valence-corrected chi connectivity index (χ2v) is 9.50. The summed E-state index contributed by atoms with van der Waals surface area (Å²) >= 11 is 1.13. The minimum atomic E-state index is -4.48. The van der Waals surface area contributed by atoms with Crippen LogP contribution in [-0.4, -0.2) is 17.1 Å². The lowest BCUT2D eigenvalue weighted by Gasteiger charge is -2.24. The highest BCUT2D eigenvalue weighted by molar-refractivity contribution is 7.07. The number of carbonyl (C=O) groups is 1. The van der Waals surface area contributed by atoms with Crippen LogP contribution in [0.5, 0.6) is 0 Å². The average molecular weight is 539 g/mol. The van der Waals surface area contributed by atoms with Gasteiger partial charge in [0.2, 0.25) is 0 Å². The molecule has 0 bridgehead atoms. The van der Waals surface area contributed by atoms with E-state index in [1.165, 1.54) is 22.8 Å². The molecule has 0 unspecified atom stereocenters. The van der Waals surface area contributed by atoms with Gasteiger partial charge in [0.1, 0.15) is 11.5 Å². The van der Waals surface area contributed by atoms with Crippen LogP contribution in [0, 0.1) is 0 Å². The Bertz CT molecular complexity index is 1730. The molecule has 0 amide bonds. The van der Waals surface area contributed by atoms with Gasteiger partial charge in [-0.2, -0.15) is 13.2 Å². The average Bonchev–Trinajstić information content (AvgIpc) is 3.48. The molecule has 1 aliphatic rings. The lowest BCUT2D eigenvalue weighted by atomic mass is 9.96. The summed E-state index contributed by atoms with van der Waals surface area (Å²) in [5.41, 5.74) is 0.558. The molecule has 6 nitrogen and oxygen atoms in total. The molecule has 5 rings (SSSR count). The number of nitrogens with zero attached hydrogens (tertiary/aromatic N) is 2. The molecule has 2 aromatic carbocycles. The Kier molecular flexibility index (Phi) is 6.66. The van der Waals surface area contributed by atoms with Crippen molar-refractivity contribution in [2.75, 3.05) is 6.61 Å². The Balaban J connectivity index is 1.60. The van der Waals surface area contributed by atoms with Crippen LogP contribution >= 0.6 is 11.3 Å². The van der Waals surface area contributed by atoms with Gasteiger partial charge in [-0.05, 0) is 43.7 Å². The standard InChI is InChI=1S/C28H21F3N2O4S/c1-3-36-26(35)23-16(2)32-27-33(24(23)17-8-5-4-6-9-17)25(34)22(38-27)15-20-12-13-21(37-20)18-10-7-11-19(14-18)28(29,30)31/h4-15,24H,3H2,1-2H3/b22-15+/t24-/m1/s1. The summed E-state index contributed by atoms with van der Waals surface area (Å²) < 4.78 is 52.2. The first-order valence-corrected chi connectivity index (χ1v) is 12.5. The fourth-order valence-corrected chi connectivity index (χ4v) is 5.33. The Labute approximate surface area is 218 Å². The molecule has 0 spiro atoms. The van der Waals surface area contributed by atoms with E-state index in [0.29, 0.717) is 20.8 Å². The van der Waals surface area contributed by atoms with Crippen LogP contribution in [0.25, 0.3) is 17.4 Å². The molecule has 38 heavy (non-hydrogen) atoms. The van der Waals surface area contributed by atoms with Gasteiger partial charge in [-0.15, -0.1) is 0 Å². The van der Waals surface area contributed by atoms with Crippen LogP contribution in [-0.2, 0) is 15.7 Å². The van der Waals surface area contributed by atoms with Crippen LogP contribution in [0.4, 0.5) is 13.2 Å². The normalized spacial score (nSPS) is 15.8. The lowest BCUT2D eigenvalue weighted by molar-refractivity contribution is -0.139. The van der Waals surface area contributed by atoms with Crippen molar-refractivity contribution in [3.05, 3.63) is 115 Å². The lowest BCUT2D eigenvalue weighted by Crippen LogP contribution is -2.39. The van der Waals surface area contributed by atoms with Crippen molar-refractivity contribution in [1.82, 2.24) is 4.57 Å². The molecule has 0 saturated carbocycles. The van der Waals surface area contributed by atoms with E-state index in [4.69, 9.17) is 9.15 Å². The number of ether oxygens (including phenoxy) is 1. The highest BCUT2D eigenvalue weighted by Crippen LogP contribution is 2.33.